The largest absolute Gasteiger partial charge is 0.477 e. The molecule has 0 bridgehead atoms. The van der Waals surface area contributed by atoms with Gasteiger partial charge in [-0.1, -0.05) is 30.3 Å². The number of nitro groups is 1. The van der Waals surface area contributed by atoms with Gasteiger partial charge in [0.1, 0.15) is 12.2 Å². The van der Waals surface area contributed by atoms with E-state index in [1.54, 1.807) is 0 Å². The number of carbonyl (C=O) groups excluding carboxylic acids is 1. The Labute approximate surface area is 178 Å². The van der Waals surface area contributed by atoms with Gasteiger partial charge in [0, 0.05) is 32.0 Å². The van der Waals surface area contributed by atoms with E-state index in [0.29, 0.717) is 25.2 Å². The van der Waals surface area contributed by atoms with E-state index < -0.39 is 22.7 Å². The third-order valence-electron chi connectivity index (χ3n) is 5.15. The summed E-state index contributed by atoms with van der Waals surface area (Å²) in [6, 6.07) is 13.0. The van der Waals surface area contributed by atoms with Gasteiger partial charge >= 0.3 is 12.1 Å². The van der Waals surface area contributed by atoms with Crippen LogP contribution in [0.5, 0.6) is 0 Å². The molecule has 0 spiro atoms. The lowest BCUT2D eigenvalue weighted by Gasteiger charge is -2.39. The summed E-state index contributed by atoms with van der Waals surface area (Å²) in [4.78, 5) is 35.8. The molecule has 2 aromatic rings. The lowest BCUT2D eigenvalue weighted by atomic mass is 10.0. The summed E-state index contributed by atoms with van der Waals surface area (Å²) in [5.41, 5.74) is 0.580. The van der Waals surface area contributed by atoms with Crippen molar-refractivity contribution in [3.63, 3.8) is 0 Å². The monoisotopic (exact) mass is 429 g/mol. The number of hydrogen-bond donors (Lipinski definition) is 2. The first-order valence-corrected chi connectivity index (χ1v) is 9.65. The molecule has 0 aromatic heterocycles. The van der Waals surface area contributed by atoms with Gasteiger partial charge in [-0.25, -0.2) is 9.59 Å². The Morgan fingerprint density at radius 3 is 2.65 bits per heavy atom. The molecule has 164 valence electrons. The number of rotatable bonds is 7. The van der Waals surface area contributed by atoms with Gasteiger partial charge in [-0.3, -0.25) is 10.1 Å². The summed E-state index contributed by atoms with van der Waals surface area (Å²) < 4.78 is 10.8. The van der Waals surface area contributed by atoms with E-state index in [1.807, 2.05) is 35.2 Å². The summed E-state index contributed by atoms with van der Waals surface area (Å²) in [5, 5.41) is 23.2. The van der Waals surface area contributed by atoms with E-state index in [1.165, 1.54) is 25.3 Å². The van der Waals surface area contributed by atoms with Gasteiger partial charge in [-0.2, -0.15) is 0 Å². The van der Waals surface area contributed by atoms with Crippen molar-refractivity contribution in [3.05, 3.63) is 69.8 Å². The van der Waals surface area contributed by atoms with Crippen LogP contribution in [0.15, 0.2) is 48.5 Å². The third-order valence-corrected chi connectivity index (χ3v) is 5.15. The minimum atomic E-state index is -1.37. The van der Waals surface area contributed by atoms with Gasteiger partial charge in [0.25, 0.3) is 5.69 Å². The number of amides is 1. The fourth-order valence-electron chi connectivity index (χ4n) is 3.52. The molecular formula is C21H23N3O7. The van der Waals surface area contributed by atoms with Crippen LogP contribution in [-0.2, 0) is 16.1 Å². The first-order chi connectivity index (χ1) is 14.9. The minimum Gasteiger partial charge on any atom is -0.477 e. The Morgan fingerprint density at radius 2 is 2.00 bits per heavy atom. The van der Waals surface area contributed by atoms with Crippen LogP contribution in [0.4, 0.5) is 16.2 Å². The van der Waals surface area contributed by atoms with E-state index in [0.717, 1.165) is 5.56 Å². The van der Waals surface area contributed by atoms with Crippen molar-refractivity contribution >= 4 is 23.4 Å². The predicted octanol–water partition coefficient (Wildman–Crippen LogP) is 2.81. The van der Waals surface area contributed by atoms with Crippen molar-refractivity contribution in [1.82, 2.24) is 5.32 Å². The summed E-state index contributed by atoms with van der Waals surface area (Å²) in [6.07, 6.45) is -0.396. The molecule has 1 saturated heterocycles. The molecule has 0 aliphatic carbocycles. The second-order valence-corrected chi connectivity index (χ2v) is 7.09. The van der Waals surface area contributed by atoms with Crippen molar-refractivity contribution in [3.8, 4) is 0 Å². The Hall–Kier alpha value is -3.66. The molecule has 0 radical (unpaired) electrons. The fraction of sp³-hybridized carbons (Fsp3) is 0.333. The second-order valence-electron chi connectivity index (χ2n) is 7.09. The third kappa shape index (κ3) is 5.48. The quantitative estimate of drug-likeness (QED) is 0.507. The highest BCUT2D eigenvalue weighted by Gasteiger charge is 2.32. The van der Waals surface area contributed by atoms with E-state index in [9.17, 15) is 24.8 Å². The zero-order valence-corrected chi connectivity index (χ0v) is 16.9. The summed E-state index contributed by atoms with van der Waals surface area (Å²) in [5.74, 6) is -1.37. The molecule has 10 nitrogen and oxygen atoms in total. The fourth-order valence-corrected chi connectivity index (χ4v) is 3.52. The van der Waals surface area contributed by atoms with Crippen LogP contribution >= 0.6 is 0 Å². The summed E-state index contributed by atoms with van der Waals surface area (Å²) >= 11 is 0. The first kappa shape index (κ1) is 22.0. The number of alkyl carbamates (subject to hydrolysis) is 1. The number of carboxylic acid groups (broad SMARTS) is 1. The number of nitro benzene ring substituents is 1. The molecule has 2 N–H and O–H groups in total. The van der Waals surface area contributed by atoms with Gasteiger partial charge in [0.15, 0.2) is 0 Å². The maximum absolute atomic E-state index is 12.2. The van der Waals surface area contributed by atoms with Crippen LogP contribution in [0.25, 0.3) is 0 Å². The second kappa shape index (κ2) is 9.90. The molecule has 10 heteroatoms. The SMILES string of the molecule is COC1CN(c2ccc([N+](=O)[O-])c(C(=O)O)c2)CCC1NC(=O)OCc1ccccc1. The van der Waals surface area contributed by atoms with Crippen molar-refractivity contribution in [2.75, 3.05) is 25.1 Å². The molecule has 1 aliphatic heterocycles. The summed E-state index contributed by atoms with van der Waals surface area (Å²) in [6.45, 7) is 1.03. The van der Waals surface area contributed by atoms with Crippen molar-refractivity contribution < 1.29 is 29.1 Å². The highest BCUT2D eigenvalue weighted by atomic mass is 16.6. The van der Waals surface area contributed by atoms with Crippen LogP contribution in [0.2, 0.25) is 0 Å². The Morgan fingerprint density at radius 1 is 1.26 bits per heavy atom. The number of carbonyl (C=O) groups is 2. The van der Waals surface area contributed by atoms with Gasteiger partial charge in [0.2, 0.25) is 0 Å². The van der Waals surface area contributed by atoms with Crippen LogP contribution in [0, 0.1) is 10.1 Å². The van der Waals surface area contributed by atoms with Gasteiger partial charge in [0.05, 0.1) is 17.1 Å². The molecule has 1 heterocycles. The van der Waals surface area contributed by atoms with E-state index >= 15 is 0 Å². The molecular weight excluding hydrogens is 406 g/mol. The average Bonchev–Trinajstić information content (AvgIpc) is 2.78. The number of ether oxygens (including phenoxy) is 2. The maximum atomic E-state index is 12.2. The first-order valence-electron chi connectivity index (χ1n) is 9.65. The Bertz CT molecular complexity index is 951. The number of nitrogens with zero attached hydrogens (tertiary/aromatic N) is 2. The normalized spacial score (nSPS) is 18.3. The van der Waals surface area contributed by atoms with Crippen molar-refractivity contribution in [2.45, 2.75) is 25.2 Å². The van der Waals surface area contributed by atoms with Crippen molar-refractivity contribution in [1.29, 1.82) is 0 Å². The van der Waals surface area contributed by atoms with E-state index in [2.05, 4.69) is 5.32 Å². The summed E-state index contributed by atoms with van der Waals surface area (Å²) in [7, 11) is 1.52. The number of aromatic carboxylic acids is 1. The molecule has 31 heavy (non-hydrogen) atoms. The van der Waals surface area contributed by atoms with Gasteiger partial charge in [-0.15, -0.1) is 0 Å². The van der Waals surface area contributed by atoms with Gasteiger partial charge in [-0.05, 0) is 24.1 Å². The molecule has 2 atom stereocenters. The number of anilines is 1. The highest BCUT2D eigenvalue weighted by molar-refractivity contribution is 5.93. The topological polar surface area (TPSA) is 131 Å². The van der Waals surface area contributed by atoms with Crippen LogP contribution < -0.4 is 10.2 Å². The standard InChI is InChI=1S/C21H23N3O7/c1-30-19-12-23(15-7-8-18(24(28)29)16(11-15)20(25)26)10-9-17(19)22-21(27)31-13-14-5-3-2-4-6-14/h2-8,11,17,19H,9-10,12-13H2,1H3,(H,22,27)(H,25,26). The molecule has 1 aliphatic rings. The number of methoxy groups -OCH3 is 1. The number of piperidine rings is 1. The van der Waals surface area contributed by atoms with Crippen LogP contribution in [0.3, 0.4) is 0 Å². The molecule has 3 rings (SSSR count). The molecule has 0 saturated carbocycles. The minimum absolute atomic E-state index is 0.157. The predicted molar refractivity (Wildman–Crippen MR) is 111 cm³/mol. The van der Waals surface area contributed by atoms with E-state index in [4.69, 9.17) is 9.47 Å². The molecule has 2 unspecified atom stereocenters. The zero-order valence-electron chi connectivity index (χ0n) is 16.9. The van der Waals surface area contributed by atoms with Gasteiger partial charge < -0.3 is 24.8 Å². The molecule has 1 fully saturated rings. The Kier molecular flexibility index (Phi) is 7.03. The average molecular weight is 429 g/mol. The van der Waals surface area contributed by atoms with Crippen molar-refractivity contribution in [2.24, 2.45) is 0 Å². The van der Waals surface area contributed by atoms with Crippen LogP contribution in [0.1, 0.15) is 22.3 Å². The molecule has 2 aromatic carbocycles. The number of carboxylic acids is 1. The number of hydrogen-bond acceptors (Lipinski definition) is 7. The Balaban J connectivity index is 1.62. The highest BCUT2D eigenvalue weighted by Crippen LogP contribution is 2.28. The number of nitrogens with one attached hydrogen (secondary N) is 1. The zero-order chi connectivity index (χ0) is 22.4. The smallest absolute Gasteiger partial charge is 0.407 e. The lowest BCUT2D eigenvalue weighted by molar-refractivity contribution is -0.385. The number of benzene rings is 2. The van der Waals surface area contributed by atoms with E-state index in [-0.39, 0.29) is 24.3 Å². The maximum Gasteiger partial charge on any atom is 0.407 e. The molecule has 1 amide bonds. The lowest BCUT2D eigenvalue weighted by Crippen LogP contribution is -2.55. The van der Waals surface area contributed by atoms with Crippen LogP contribution in [-0.4, -0.2) is 54.4 Å².